The summed E-state index contributed by atoms with van der Waals surface area (Å²) < 4.78 is 4.90. The van der Waals surface area contributed by atoms with Crippen LogP contribution in [0.3, 0.4) is 0 Å². The molecule has 104 valence electrons. The molecule has 0 bridgehead atoms. The number of hydrogen-bond donors (Lipinski definition) is 5. The fraction of sp³-hybridized carbons (Fsp3) is 0.727. The molecule has 0 aromatic heterocycles. The second-order valence-corrected chi connectivity index (χ2v) is 4.15. The zero-order chi connectivity index (χ0) is 13.7. The van der Waals surface area contributed by atoms with Gasteiger partial charge < -0.3 is 30.5 Å². The minimum absolute atomic E-state index is 0.166. The lowest BCUT2D eigenvalue weighted by Crippen LogP contribution is -2.64. The zero-order valence-corrected chi connectivity index (χ0v) is 9.90. The smallest absolute Gasteiger partial charge is 0.220 e. The summed E-state index contributed by atoms with van der Waals surface area (Å²) in [5, 5.41) is 40.2. The number of nitrogens with one attached hydrogen (secondary N) is 1. The third-order valence-electron chi connectivity index (χ3n) is 2.80. The summed E-state index contributed by atoms with van der Waals surface area (Å²) in [6, 6.07) is -1.12. The predicted molar refractivity (Wildman–Crippen MR) is 61.3 cm³/mol. The Kier molecular flexibility index (Phi) is 5.70. The van der Waals surface area contributed by atoms with Crippen LogP contribution < -0.4 is 5.32 Å². The molecule has 0 aromatic carbocycles. The highest BCUT2D eigenvalue weighted by molar-refractivity contribution is 5.76. The first-order valence-corrected chi connectivity index (χ1v) is 5.72. The van der Waals surface area contributed by atoms with Crippen LogP contribution in [0.15, 0.2) is 12.7 Å². The molecular weight excluding hydrogens is 242 g/mol. The van der Waals surface area contributed by atoms with Crippen LogP contribution in [0.25, 0.3) is 0 Å². The van der Waals surface area contributed by atoms with E-state index >= 15 is 0 Å². The van der Waals surface area contributed by atoms with Crippen molar-refractivity contribution in [3.8, 4) is 0 Å². The third kappa shape index (κ3) is 3.50. The molecular formula is C11H19NO6. The molecule has 0 unspecified atom stereocenters. The molecule has 1 aliphatic rings. The number of ether oxygens (including phenoxy) is 1. The average Bonchev–Trinajstić information content (AvgIpc) is 2.36. The van der Waals surface area contributed by atoms with Crippen molar-refractivity contribution in [3.05, 3.63) is 12.7 Å². The molecule has 0 saturated carbocycles. The van der Waals surface area contributed by atoms with Gasteiger partial charge in [0.1, 0.15) is 24.4 Å². The molecule has 1 fully saturated rings. The van der Waals surface area contributed by atoms with E-state index in [0.29, 0.717) is 6.42 Å². The van der Waals surface area contributed by atoms with Crippen molar-refractivity contribution < 1.29 is 30.0 Å². The predicted octanol–water partition coefficient (Wildman–Crippen LogP) is -2.13. The van der Waals surface area contributed by atoms with E-state index in [-0.39, 0.29) is 6.42 Å². The van der Waals surface area contributed by atoms with Gasteiger partial charge in [-0.1, -0.05) is 6.08 Å². The Morgan fingerprint density at radius 3 is 2.56 bits per heavy atom. The number of hydrogen-bond acceptors (Lipinski definition) is 6. The van der Waals surface area contributed by atoms with E-state index in [1.54, 1.807) is 6.08 Å². The molecule has 1 amide bonds. The Labute approximate surface area is 105 Å². The van der Waals surface area contributed by atoms with Gasteiger partial charge in [0.2, 0.25) is 5.91 Å². The number of carbonyl (C=O) groups excluding carboxylic acids is 1. The lowest BCUT2D eigenvalue weighted by molar-refractivity contribution is -0.253. The molecule has 1 saturated heterocycles. The van der Waals surface area contributed by atoms with Crippen LogP contribution in [0.4, 0.5) is 0 Å². The van der Waals surface area contributed by atoms with Crippen molar-refractivity contribution in [2.24, 2.45) is 0 Å². The molecule has 18 heavy (non-hydrogen) atoms. The fourth-order valence-corrected chi connectivity index (χ4v) is 1.74. The van der Waals surface area contributed by atoms with Crippen LogP contribution in [0.1, 0.15) is 12.8 Å². The number of allylic oxidation sites excluding steroid dienone is 1. The second-order valence-electron chi connectivity index (χ2n) is 4.15. The van der Waals surface area contributed by atoms with Gasteiger partial charge in [-0.15, -0.1) is 6.58 Å². The number of carbonyl (C=O) groups is 1. The third-order valence-corrected chi connectivity index (χ3v) is 2.80. The standard InChI is InChI=1S/C11H19NO6/c1-2-3-4-7(14)12-8-10(16)9(15)6(5-13)18-11(8)17/h2,6,8-11,13,15-17H,1,3-5H2,(H,12,14)/t6-,8+,9-,10-,11+/m1/s1. The van der Waals surface area contributed by atoms with Gasteiger partial charge in [-0.25, -0.2) is 0 Å². The molecule has 0 radical (unpaired) electrons. The van der Waals surface area contributed by atoms with E-state index in [4.69, 9.17) is 9.84 Å². The minimum Gasteiger partial charge on any atom is -0.394 e. The second kappa shape index (κ2) is 6.81. The summed E-state index contributed by atoms with van der Waals surface area (Å²) in [4.78, 5) is 11.5. The van der Waals surface area contributed by atoms with E-state index in [2.05, 4.69) is 11.9 Å². The van der Waals surface area contributed by atoms with Gasteiger partial charge in [-0.2, -0.15) is 0 Å². The largest absolute Gasteiger partial charge is 0.394 e. The summed E-state index contributed by atoms with van der Waals surface area (Å²) in [7, 11) is 0. The molecule has 0 aliphatic carbocycles. The van der Waals surface area contributed by atoms with E-state index in [1.165, 1.54) is 0 Å². The summed E-state index contributed by atoms with van der Waals surface area (Å²) in [6.45, 7) is 2.94. The van der Waals surface area contributed by atoms with E-state index in [9.17, 15) is 20.1 Å². The molecule has 5 N–H and O–H groups in total. The quantitative estimate of drug-likeness (QED) is 0.361. The van der Waals surface area contributed by atoms with Crippen molar-refractivity contribution in [1.82, 2.24) is 5.32 Å². The molecule has 0 spiro atoms. The first kappa shape index (κ1) is 15.1. The van der Waals surface area contributed by atoms with Gasteiger partial charge in [0.15, 0.2) is 6.29 Å². The van der Waals surface area contributed by atoms with Gasteiger partial charge in [0, 0.05) is 6.42 Å². The summed E-state index contributed by atoms with van der Waals surface area (Å²) in [5.74, 6) is -0.392. The number of amides is 1. The van der Waals surface area contributed by atoms with Crippen LogP contribution >= 0.6 is 0 Å². The summed E-state index contributed by atoms with van der Waals surface area (Å²) in [6.07, 6.45) is -3.13. The number of rotatable bonds is 5. The number of aliphatic hydroxyl groups is 4. The van der Waals surface area contributed by atoms with Crippen molar-refractivity contribution in [3.63, 3.8) is 0 Å². The molecule has 7 heteroatoms. The Bertz CT molecular complexity index is 297. The molecule has 7 nitrogen and oxygen atoms in total. The normalized spacial score (nSPS) is 36.1. The van der Waals surface area contributed by atoms with Crippen molar-refractivity contribution in [1.29, 1.82) is 0 Å². The zero-order valence-electron chi connectivity index (χ0n) is 9.90. The molecule has 5 atom stereocenters. The molecule has 1 heterocycles. The van der Waals surface area contributed by atoms with E-state index < -0.39 is 43.2 Å². The van der Waals surface area contributed by atoms with Gasteiger partial charge in [0.05, 0.1) is 6.61 Å². The maximum Gasteiger partial charge on any atom is 0.220 e. The first-order valence-electron chi connectivity index (χ1n) is 5.72. The number of aliphatic hydroxyl groups excluding tert-OH is 4. The SMILES string of the molecule is C=CCCC(=O)N[C@H]1[C@@H](O)[C@H](O)[C@@H](CO)O[C@@H]1O. The van der Waals surface area contributed by atoms with E-state index in [0.717, 1.165) is 0 Å². The minimum atomic E-state index is -1.48. The van der Waals surface area contributed by atoms with Crippen molar-refractivity contribution in [2.75, 3.05) is 6.61 Å². The van der Waals surface area contributed by atoms with E-state index in [1.807, 2.05) is 0 Å². The Morgan fingerprint density at radius 1 is 1.33 bits per heavy atom. The lowest BCUT2D eigenvalue weighted by Gasteiger charge is -2.40. The highest BCUT2D eigenvalue weighted by atomic mass is 16.6. The summed E-state index contributed by atoms with van der Waals surface area (Å²) in [5.41, 5.74) is 0. The van der Waals surface area contributed by atoms with Gasteiger partial charge in [0.25, 0.3) is 0 Å². The van der Waals surface area contributed by atoms with Crippen molar-refractivity contribution >= 4 is 5.91 Å². The molecule has 1 aliphatic heterocycles. The highest BCUT2D eigenvalue weighted by Gasteiger charge is 2.44. The monoisotopic (exact) mass is 261 g/mol. The lowest BCUT2D eigenvalue weighted by atomic mass is 9.97. The fourth-order valence-electron chi connectivity index (χ4n) is 1.74. The van der Waals surface area contributed by atoms with Crippen LogP contribution in [-0.4, -0.2) is 63.6 Å². The first-order chi connectivity index (χ1) is 8.51. The summed E-state index contributed by atoms with van der Waals surface area (Å²) >= 11 is 0. The Balaban J connectivity index is 2.59. The van der Waals surface area contributed by atoms with Crippen LogP contribution in [0.2, 0.25) is 0 Å². The van der Waals surface area contributed by atoms with Crippen molar-refractivity contribution in [2.45, 2.75) is 43.5 Å². The maximum absolute atomic E-state index is 11.5. The van der Waals surface area contributed by atoms with Crippen LogP contribution in [-0.2, 0) is 9.53 Å². The van der Waals surface area contributed by atoms with Gasteiger partial charge >= 0.3 is 0 Å². The van der Waals surface area contributed by atoms with Crippen LogP contribution in [0, 0.1) is 0 Å². The highest BCUT2D eigenvalue weighted by Crippen LogP contribution is 2.19. The van der Waals surface area contributed by atoms with Crippen LogP contribution in [0.5, 0.6) is 0 Å². The maximum atomic E-state index is 11.5. The Hall–Kier alpha value is -0.990. The molecule has 1 rings (SSSR count). The van der Waals surface area contributed by atoms with Gasteiger partial charge in [-0.3, -0.25) is 4.79 Å². The molecule has 0 aromatic rings. The topological polar surface area (TPSA) is 119 Å². The van der Waals surface area contributed by atoms with Gasteiger partial charge in [-0.05, 0) is 6.42 Å². The average molecular weight is 261 g/mol. The Morgan fingerprint density at radius 2 is 2.00 bits per heavy atom.